The smallest absolute Gasteiger partial charge is 0.274 e. The highest BCUT2D eigenvalue weighted by Crippen LogP contribution is 2.27. The van der Waals surface area contributed by atoms with Crippen LogP contribution >= 0.6 is 0 Å². The number of methoxy groups -OCH3 is 2. The first kappa shape index (κ1) is 25.7. The van der Waals surface area contributed by atoms with Gasteiger partial charge in [-0.05, 0) is 43.0 Å². The molecule has 0 radical (unpaired) electrons. The Kier molecular flexibility index (Phi) is 9.59. The molecule has 2 amide bonds. The number of amides is 2. The van der Waals surface area contributed by atoms with Crippen LogP contribution in [0.2, 0.25) is 0 Å². The molecule has 0 saturated carbocycles. The van der Waals surface area contributed by atoms with Crippen molar-refractivity contribution in [3.8, 4) is 11.5 Å². The molecular weight excluding hydrogens is 444 g/mol. The predicted octanol–water partition coefficient (Wildman–Crippen LogP) is 3.24. The van der Waals surface area contributed by atoms with Crippen molar-refractivity contribution >= 4 is 11.8 Å². The molecule has 0 atom stereocenters. The molecule has 0 spiro atoms. The third-order valence-corrected chi connectivity index (χ3v) is 5.59. The lowest BCUT2D eigenvalue weighted by Gasteiger charge is -2.22. The van der Waals surface area contributed by atoms with Crippen molar-refractivity contribution < 1.29 is 19.1 Å². The van der Waals surface area contributed by atoms with Crippen LogP contribution < -0.4 is 14.8 Å². The van der Waals surface area contributed by atoms with Crippen LogP contribution in [0.15, 0.2) is 60.9 Å². The SMILES string of the molecule is COc1ccc(CCNC(=O)CCN(CCc2ccccc2)C(=O)c2cnc(C)cn2)cc1OC. The Morgan fingerprint density at radius 3 is 2.34 bits per heavy atom. The maximum Gasteiger partial charge on any atom is 0.274 e. The van der Waals surface area contributed by atoms with Gasteiger partial charge in [0.05, 0.1) is 26.1 Å². The van der Waals surface area contributed by atoms with Crippen molar-refractivity contribution in [2.75, 3.05) is 33.9 Å². The highest BCUT2D eigenvalue weighted by Gasteiger charge is 2.18. The number of nitrogens with one attached hydrogen (secondary N) is 1. The van der Waals surface area contributed by atoms with E-state index in [1.807, 2.05) is 55.5 Å². The quantitative estimate of drug-likeness (QED) is 0.431. The third-order valence-electron chi connectivity index (χ3n) is 5.59. The molecule has 0 aliphatic heterocycles. The minimum absolute atomic E-state index is 0.113. The molecule has 0 saturated heterocycles. The Bertz CT molecular complexity index is 1100. The molecule has 2 aromatic carbocycles. The molecule has 0 unspecified atom stereocenters. The Morgan fingerprint density at radius 2 is 1.66 bits per heavy atom. The van der Waals surface area contributed by atoms with Gasteiger partial charge >= 0.3 is 0 Å². The summed E-state index contributed by atoms with van der Waals surface area (Å²) in [6.45, 7) is 3.08. The Balaban J connectivity index is 1.54. The summed E-state index contributed by atoms with van der Waals surface area (Å²) >= 11 is 0. The fourth-order valence-electron chi connectivity index (χ4n) is 3.60. The number of benzene rings is 2. The van der Waals surface area contributed by atoms with E-state index >= 15 is 0 Å². The number of carbonyl (C=O) groups is 2. The molecular formula is C27H32N4O4. The van der Waals surface area contributed by atoms with Gasteiger partial charge in [0.2, 0.25) is 5.91 Å². The number of aryl methyl sites for hydroxylation is 1. The van der Waals surface area contributed by atoms with Crippen LogP contribution in [0.25, 0.3) is 0 Å². The Hall–Kier alpha value is -3.94. The van der Waals surface area contributed by atoms with E-state index in [0.29, 0.717) is 44.0 Å². The van der Waals surface area contributed by atoms with Crippen LogP contribution in [0.4, 0.5) is 0 Å². The molecule has 184 valence electrons. The standard InChI is InChI=1S/C27H32N4O4/c1-20-18-30-23(19-29-20)27(33)31(15-12-21-7-5-4-6-8-21)16-13-26(32)28-14-11-22-9-10-24(34-2)25(17-22)35-3/h4-10,17-19H,11-16H2,1-3H3,(H,28,32). The van der Waals surface area contributed by atoms with Crippen molar-refractivity contribution in [2.24, 2.45) is 0 Å². The minimum Gasteiger partial charge on any atom is -0.493 e. The van der Waals surface area contributed by atoms with E-state index in [9.17, 15) is 9.59 Å². The second-order valence-corrected chi connectivity index (χ2v) is 8.11. The van der Waals surface area contributed by atoms with Crippen molar-refractivity contribution in [1.29, 1.82) is 0 Å². The minimum atomic E-state index is -0.230. The zero-order chi connectivity index (χ0) is 25.0. The van der Waals surface area contributed by atoms with E-state index < -0.39 is 0 Å². The largest absolute Gasteiger partial charge is 0.493 e. The monoisotopic (exact) mass is 476 g/mol. The van der Waals surface area contributed by atoms with Gasteiger partial charge in [0.25, 0.3) is 5.91 Å². The van der Waals surface area contributed by atoms with Crippen LogP contribution in [0.1, 0.15) is 33.7 Å². The first-order chi connectivity index (χ1) is 17.0. The van der Waals surface area contributed by atoms with Crippen LogP contribution in [0.5, 0.6) is 11.5 Å². The molecule has 1 heterocycles. The average molecular weight is 477 g/mol. The summed E-state index contributed by atoms with van der Waals surface area (Å²) in [5.74, 6) is 0.978. The molecule has 8 heteroatoms. The Labute approximate surface area is 206 Å². The number of rotatable bonds is 12. The molecule has 3 aromatic rings. The van der Waals surface area contributed by atoms with Crippen molar-refractivity contribution in [3.63, 3.8) is 0 Å². The van der Waals surface area contributed by atoms with Gasteiger partial charge in [-0.3, -0.25) is 14.6 Å². The van der Waals surface area contributed by atoms with E-state index in [1.165, 1.54) is 6.20 Å². The number of aromatic nitrogens is 2. The third kappa shape index (κ3) is 7.81. The molecule has 0 aliphatic carbocycles. The second-order valence-electron chi connectivity index (χ2n) is 8.11. The van der Waals surface area contributed by atoms with Gasteiger partial charge in [-0.2, -0.15) is 0 Å². The number of ether oxygens (including phenoxy) is 2. The summed E-state index contributed by atoms with van der Waals surface area (Å²) in [5.41, 5.74) is 3.17. The van der Waals surface area contributed by atoms with E-state index in [4.69, 9.17) is 9.47 Å². The number of hydrogen-bond donors (Lipinski definition) is 1. The maximum atomic E-state index is 13.1. The second kappa shape index (κ2) is 13.1. The number of hydrogen-bond acceptors (Lipinski definition) is 6. The van der Waals surface area contributed by atoms with Crippen LogP contribution in [-0.2, 0) is 17.6 Å². The molecule has 1 aromatic heterocycles. The fraction of sp³-hybridized carbons (Fsp3) is 0.333. The van der Waals surface area contributed by atoms with Gasteiger partial charge in [-0.15, -0.1) is 0 Å². The van der Waals surface area contributed by atoms with E-state index in [-0.39, 0.29) is 23.9 Å². The molecule has 8 nitrogen and oxygen atoms in total. The lowest BCUT2D eigenvalue weighted by Crippen LogP contribution is -2.37. The lowest BCUT2D eigenvalue weighted by molar-refractivity contribution is -0.121. The molecule has 0 bridgehead atoms. The average Bonchev–Trinajstić information content (AvgIpc) is 2.89. The first-order valence-electron chi connectivity index (χ1n) is 11.6. The molecule has 1 N–H and O–H groups in total. The van der Waals surface area contributed by atoms with Gasteiger partial charge in [-0.1, -0.05) is 36.4 Å². The van der Waals surface area contributed by atoms with Crippen LogP contribution in [0, 0.1) is 6.92 Å². The van der Waals surface area contributed by atoms with Gasteiger partial charge in [-0.25, -0.2) is 4.98 Å². The van der Waals surface area contributed by atoms with Gasteiger partial charge in [0, 0.05) is 32.3 Å². The van der Waals surface area contributed by atoms with Crippen LogP contribution in [0.3, 0.4) is 0 Å². The summed E-state index contributed by atoms with van der Waals surface area (Å²) < 4.78 is 10.6. The number of carbonyl (C=O) groups excluding carboxylic acids is 2. The summed E-state index contributed by atoms with van der Waals surface area (Å²) in [6, 6.07) is 15.6. The normalized spacial score (nSPS) is 10.5. The summed E-state index contributed by atoms with van der Waals surface area (Å²) in [4.78, 5) is 35.7. The van der Waals surface area contributed by atoms with Gasteiger partial charge in [0.15, 0.2) is 11.5 Å². The fourth-order valence-corrected chi connectivity index (χ4v) is 3.60. The van der Waals surface area contributed by atoms with Gasteiger partial charge < -0.3 is 19.7 Å². The Morgan fingerprint density at radius 1 is 0.886 bits per heavy atom. The summed E-state index contributed by atoms with van der Waals surface area (Å²) in [5, 5.41) is 2.94. The predicted molar refractivity (Wildman–Crippen MR) is 134 cm³/mol. The van der Waals surface area contributed by atoms with E-state index in [0.717, 1.165) is 16.8 Å². The van der Waals surface area contributed by atoms with E-state index in [1.54, 1.807) is 25.3 Å². The van der Waals surface area contributed by atoms with E-state index in [2.05, 4.69) is 15.3 Å². The zero-order valence-corrected chi connectivity index (χ0v) is 20.5. The van der Waals surface area contributed by atoms with Gasteiger partial charge in [0.1, 0.15) is 5.69 Å². The highest BCUT2D eigenvalue weighted by molar-refractivity contribution is 5.92. The summed E-state index contributed by atoms with van der Waals surface area (Å²) in [7, 11) is 3.19. The maximum absolute atomic E-state index is 13.1. The zero-order valence-electron chi connectivity index (χ0n) is 20.5. The molecule has 3 rings (SSSR count). The first-order valence-corrected chi connectivity index (χ1v) is 11.6. The molecule has 35 heavy (non-hydrogen) atoms. The van der Waals surface area contributed by atoms with Crippen molar-refractivity contribution in [1.82, 2.24) is 20.2 Å². The topological polar surface area (TPSA) is 93.7 Å². The summed E-state index contributed by atoms with van der Waals surface area (Å²) in [6.07, 6.45) is 4.60. The van der Waals surface area contributed by atoms with Crippen molar-refractivity contribution in [3.05, 3.63) is 83.4 Å². The highest BCUT2D eigenvalue weighted by atomic mass is 16.5. The lowest BCUT2D eigenvalue weighted by atomic mass is 10.1. The number of nitrogens with zero attached hydrogens (tertiary/aromatic N) is 3. The molecule has 0 aliphatic rings. The van der Waals surface area contributed by atoms with Crippen molar-refractivity contribution in [2.45, 2.75) is 26.2 Å². The molecule has 0 fully saturated rings. The van der Waals surface area contributed by atoms with Crippen LogP contribution in [-0.4, -0.2) is 60.5 Å².